The lowest BCUT2D eigenvalue weighted by atomic mass is 10.3. The second-order valence-corrected chi connectivity index (χ2v) is 9.34. The molecule has 1 aliphatic heterocycles. The minimum Gasteiger partial charge on any atom is -0.457 e. The maximum Gasteiger partial charge on any atom is 0.240 e. The van der Waals surface area contributed by atoms with Crippen LogP contribution in [0.1, 0.15) is 19.3 Å². The Bertz CT molecular complexity index is 911. The Morgan fingerprint density at radius 1 is 1.03 bits per heavy atom. The topological polar surface area (TPSA) is 79.0 Å². The maximum absolute atomic E-state index is 12.3. The van der Waals surface area contributed by atoms with Crippen LogP contribution in [0.5, 0.6) is 11.5 Å². The molecular weight excluding hydrogens is 402 g/mol. The van der Waals surface area contributed by atoms with Crippen LogP contribution in [-0.2, 0) is 14.8 Å². The van der Waals surface area contributed by atoms with Gasteiger partial charge in [0.05, 0.1) is 11.9 Å². The average Bonchev–Trinajstić information content (AvgIpc) is 3.24. The van der Waals surface area contributed by atoms with Crippen molar-refractivity contribution in [3.63, 3.8) is 0 Å². The molecular formula is C22H29N3O4S. The van der Waals surface area contributed by atoms with Crippen molar-refractivity contribution in [2.45, 2.75) is 19.3 Å². The van der Waals surface area contributed by atoms with E-state index in [4.69, 9.17) is 4.74 Å². The third kappa shape index (κ3) is 6.74. The number of sulfonamides is 1. The molecule has 0 aromatic heterocycles. The van der Waals surface area contributed by atoms with Gasteiger partial charge >= 0.3 is 0 Å². The van der Waals surface area contributed by atoms with Gasteiger partial charge in [-0.2, -0.15) is 0 Å². The van der Waals surface area contributed by atoms with Crippen LogP contribution >= 0.6 is 0 Å². The highest BCUT2D eigenvalue weighted by Gasteiger charge is 2.21. The van der Waals surface area contributed by atoms with E-state index in [2.05, 4.69) is 10.2 Å². The molecule has 0 atom stereocenters. The molecule has 1 aliphatic rings. The van der Waals surface area contributed by atoms with Gasteiger partial charge in [-0.25, -0.2) is 8.42 Å². The average molecular weight is 432 g/mol. The molecule has 3 rings (SSSR count). The number of nitrogens with one attached hydrogen (secondary N) is 1. The van der Waals surface area contributed by atoms with Crippen molar-refractivity contribution < 1.29 is 17.9 Å². The molecule has 1 heterocycles. The Morgan fingerprint density at radius 3 is 2.30 bits per heavy atom. The standard InChI is InChI=1S/C22H29N3O4S/c1-30(27,28)25(18-22(26)23-14-7-17-24-15-5-6-16-24)19-10-12-21(13-11-19)29-20-8-3-2-4-9-20/h2-4,8-13H,5-7,14-18H2,1H3,(H,23,26). The Kier molecular flexibility index (Phi) is 7.70. The first-order valence-corrected chi connectivity index (χ1v) is 12.1. The molecule has 1 fully saturated rings. The van der Waals surface area contributed by atoms with Gasteiger partial charge < -0.3 is 15.0 Å². The number of hydrogen-bond acceptors (Lipinski definition) is 5. The normalized spacial score (nSPS) is 14.4. The van der Waals surface area contributed by atoms with Crippen molar-refractivity contribution >= 4 is 21.6 Å². The smallest absolute Gasteiger partial charge is 0.240 e. The summed E-state index contributed by atoms with van der Waals surface area (Å²) in [6.45, 7) is 3.50. The van der Waals surface area contributed by atoms with Gasteiger partial charge in [0.15, 0.2) is 0 Å². The first kappa shape index (κ1) is 22.1. The molecule has 0 saturated carbocycles. The molecule has 7 nitrogen and oxygen atoms in total. The van der Waals surface area contributed by atoms with E-state index < -0.39 is 10.0 Å². The van der Waals surface area contributed by atoms with Crippen molar-refractivity contribution in [3.05, 3.63) is 54.6 Å². The molecule has 0 radical (unpaired) electrons. The van der Waals surface area contributed by atoms with Crippen molar-refractivity contribution in [1.29, 1.82) is 0 Å². The fourth-order valence-electron chi connectivity index (χ4n) is 3.43. The Balaban J connectivity index is 1.55. The van der Waals surface area contributed by atoms with E-state index in [-0.39, 0.29) is 12.5 Å². The zero-order valence-corrected chi connectivity index (χ0v) is 18.1. The summed E-state index contributed by atoms with van der Waals surface area (Å²) in [4.78, 5) is 14.7. The maximum atomic E-state index is 12.3. The van der Waals surface area contributed by atoms with Crippen LogP contribution in [0.3, 0.4) is 0 Å². The van der Waals surface area contributed by atoms with Crippen LogP contribution in [0, 0.1) is 0 Å². The second kappa shape index (κ2) is 10.4. The summed E-state index contributed by atoms with van der Waals surface area (Å²) in [7, 11) is -3.60. The van der Waals surface area contributed by atoms with Crippen LogP contribution in [-0.4, -0.2) is 58.2 Å². The summed E-state index contributed by atoms with van der Waals surface area (Å²) in [5, 5.41) is 2.83. The van der Waals surface area contributed by atoms with Gasteiger partial charge in [0.2, 0.25) is 15.9 Å². The lowest BCUT2D eigenvalue weighted by Crippen LogP contribution is -2.41. The van der Waals surface area contributed by atoms with Gasteiger partial charge in [-0.15, -0.1) is 0 Å². The number of benzene rings is 2. The number of para-hydroxylation sites is 1. The van der Waals surface area contributed by atoms with Crippen LogP contribution in [0.15, 0.2) is 54.6 Å². The molecule has 0 bridgehead atoms. The fourth-order valence-corrected chi connectivity index (χ4v) is 4.28. The van der Waals surface area contributed by atoms with E-state index >= 15 is 0 Å². The SMILES string of the molecule is CS(=O)(=O)N(CC(=O)NCCCN1CCCC1)c1ccc(Oc2ccccc2)cc1. The largest absolute Gasteiger partial charge is 0.457 e. The fraction of sp³-hybridized carbons (Fsp3) is 0.409. The van der Waals surface area contributed by atoms with E-state index in [0.717, 1.165) is 36.6 Å². The van der Waals surface area contributed by atoms with Crippen molar-refractivity contribution in [2.24, 2.45) is 0 Å². The van der Waals surface area contributed by atoms with Crippen LogP contribution in [0.4, 0.5) is 5.69 Å². The summed E-state index contributed by atoms with van der Waals surface area (Å²) in [6.07, 6.45) is 4.44. The number of anilines is 1. The predicted octanol–water partition coefficient (Wildman–Crippen LogP) is 2.85. The highest BCUT2D eigenvalue weighted by Crippen LogP contribution is 2.25. The third-order valence-corrected chi connectivity index (χ3v) is 6.10. The summed E-state index contributed by atoms with van der Waals surface area (Å²) >= 11 is 0. The third-order valence-electron chi connectivity index (χ3n) is 4.96. The lowest BCUT2D eigenvalue weighted by molar-refractivity contribution is -0.119. The molecule has 0 spiro atoms. The van der Waals surface area contributed by atoms with Crippen molar-refractivity contribution in [1.82, 2.24) is 10.2 Å². The summed E-state index contributed by atoms with van der Waals surface area (Å²) in [5.74, 6) is 0.967. The van der Waals surface area contributed by atoms with E-state index in [1.54, 1.807) is 24.3 Å². The number of ether oxygens (including phenoxy) is 1. The highest BCUT2D eigenvalue weighted by molar-refractivity contribution is 7.92. The molecule has 1 saturated heterocycles. The summed E-state index contributed by atoms with van der Waals surface area (Å²) in [5.41, 5.74) is 0.421. The quantitative estimate of drug-likeness (QED) is 0.585. The van der Waals surface area contributed by atoms with E-state index in [1.165, 1.54) is 12.8 Å². The number of nitrogens with zero attached hydrogens (tertiary/aromatic N) is 2. The van der Waals surface area contributed by atoms with Gasteiger partial charge in [0, 0.05) is 6.54 Å². The molecule has 1 N–H and O–H groups in total. The zero-order valence-electron chi connectivity index (χ0n) is 17.3. The van der Waals surface area contributed by atoms with Gasteiger partial charge in [0.1, 0.15) is 18.0 Å². The molecule has 8 heteroatoms. The monoisotopic (exact) mass is 431 g/mol. The minimum atomic E-state index is -3.60. The molecule has 1 amide bonds. The number of hydrogen-bond donors (Lipinski definition) is 1. The van der Waals surface area contributed by atoms with Gasteiger partial charge in [0.25, 0.3) is 0 Å². The van der Waals surface area contributed by atoms with Crippen LogP contribution in [0.2, 0.25) is 0 Å². The molecule has 0 unspecified atom stereocenters. The number of rotatable bonds is 10. The van der Waals surface area contributed by atoms with Crippen molar-refractivity contribution in [3.8, 4) is 11.5 Å². The second-order valence-electron chi connectivity index (χ2n) is 7.43. The lowest BCUT2D eigenvalue weighted by Gasteiger charge is -2.22. The number of carbonyl (C=O) groups excluding carboxylic acids is 1. The van der Waals surface area contributed by atoms with E-state index in [0.29, 0.717) is 23.7 Å². The first-order chi connectivity index (χ1) is 14.4. The Hall–Kier alpha value is -2.58. The van der Waals surface area contributed by atoms with Crippen LogP contribution < -0.4 is 14.4 Å². The highest BCUT2D eigenvalue weighted by atomic mass is 32.2. The number of likely N-dealkylation sites (tertiary alicyclic amines) is 1. The number of carbonyl (C=O) groups is 1. The van der Waals surface area contributed by atoms with Gasteiger partial charge in [-0.1, -0.05) is 18.2 Å². The minimum absolute atomic E-state index is 0.249. The number of amides is 1. The van der Waals surface area contributed by atoms with Gasteiger partial charge in [-0.05, 0) is 75.3 Å². The summed E-state index contributed by atoms with van der Waals surface area (Å²) in [6, 6.07) is 16.0. The van der Waals surface area contributed by atoms with Crippen LogP contribution in [0.25, 0.3) is 0 Å². The first-order valence-electron chi connectivity index (χ1n) is 10.2. The van der Waals surface area contributed by atoms with Crippen molar-refractivity contribution in [2.75, 3.05) is 43.3 Å². The Labute approximate surface area is 178 Å². The Morgan fingerprint density at radius 2 is 1.67 bits per heavy atom. The van der Waals surface area contributed by atoms with E-state index in [9.17, 15) is 13.2 Å². The molecule has 0 aliphatic carbocycles. The zero-order chi connectivity index (χ0) is 21.4. The molecule has 2 aromatic rings. The summed E-state index contributed by atoms with van der Waals surface area (Å²) < 4.78 is 31.4. The van der Waals surface area contributed by atoms with Gasteiger partial charge in [-0.3, -0.25) is 9.10 Å². The molecule has 30 heavy (non-hydrogen) atoms. The molecule has 2 aromatic carbocycles. The predicted molar refractivity (Wildman–Crippen MR) is 118 cm³/mol. The molecule has 162 valence electrons. The van der Waals surface area contributed by atoms with E-state index in [1.807, 2.05) is 30.3 Å².